The third-order valence-corrected chi connectivity index (χ3v) is 5.59. The number of amides is 1. The number of anilines is 1. The molecule has 0 saturated heterocycles. The molecule has 6 heteroatoms. The molecule has 0 spiro atoms. The van der Waals surface area contributed by atoms with Gasteiger partial charge in [-0.3, -0.25) is 4.79 Å². The number of terminal acetylenes is 1. The van der Waals surface area contributed by atoms with Crippen LogP contribution in [0.15, 0.2) is 83.5 Å². The zero-order valence-corrected chi connectivity index (χ0v) is 19.4. The highest BCUT2D eigenvalue weighted by Crippen LogP contribution is 2.35. The third kappa shape index (κ3) is 4.39. The molecule has 0 aliphatic carbocycles. The van der Waals surface area contributed by atoms with E-state index in [-0.39, 0.29) is 12.5 Å². The molecule has 1 amide bonds. The molecule has 0 saturated carbocycles. The van der Waals surface area contributed by atoms with Gasteiger partial charge in [0.25, 0.3) is 5.91 Å². The Hall–Kier alpha value is -3.57. The molecule has 1 heterocycles. The lowest BCUT2D eigenvalue weighted by Crippen LogP contribution is -2.21. The van der Waals surface area contributed by atoms with Gasteiger partial charge >= 0.3 is 0 Å². The maximum atomic E-state index is 13.4. The van der Waals surface area contributed by atoms with Gasteiger partial charge in [-0.25, -0.2) is 0 Å². The largest absolute Gasteiger partial charge is 0.493 e. The predicted octanol–water partition coefficient (Wildman–Crippen LogP) is 5.15. The third-order valence-electron chi connectivity index (χ3n) is 4.79. The number of ether oxygens (including phenoxy) is 2. The van der Waals surface area contributed by atoms with Crippen LogP contribution in [0.25, 0.3) is 6.08 Å². The summed E-state index contributed by atoms with van der Waals surface area (Å²) >= 11 is 2.17. The summed E-state index contributed by atoms with van der Waals surface area (Å²) in [6.45, 7) is 0.141. The van der Waals surface area contributed by atoms with Crippen LogP contribution in [-0.4, -0.2) is 25.3 Å². The first kappa shape index (κ1) is 21.7. The predicted molar refractivity (Wildman–Crippen MR) is 135 cm³/mol. The summed E-state index contributed by atoms with van der Waals surface area (Å²) in [5.74, 6) is 3.38. The molecule has 1 aliphatic heterocycles. The molecular weight excluding hydrogens is 515 g/mol. The Morgan fingerprint density at radius 1 is 1.09 bits per heavy atom. The second-order valence-electron chi connectivity index (χ2n) is 6.85. The topological polar surface area (TPSA) is 51.1 Å². The zero-order valence-electron chi connectivity index (χ0n) is 17.3. The van der Waals surface area contributed by atoms with Crippen molar-refractivity contribution in [2.24, 2.45) is 5.10 Å². The number of benzene rings is 3. The van der Waals surface area contributed by atoms with Crippen molar-refractivity contribution >= 4 is 46.0 Å². The van der Waals surface area contributed by atoms with E-state index in [2.05, 4.69) is 33.6 Å². The number of hydrogen-bond acceptors (Lipinski definition) is 4. The number of methoxy groups -OCH3 is 1. The van der Waals surface area contributed by atoms with Crippen LogP contribution in [0.2, 0.25) is 0 Å². The van der Waals surface area contributed by atoms with Crippen LogP contribution < -0.4 is 14.5 Å². The number of hydrogen-bond donors (Lipinski definition) is 0. The van der Waals surface area contributed by atoms with Crippen LogP contribution in [0.4, 0.5) is 5.69 Å². The molecule has 0 radical (unpaired) electrons. The van der Waals surface area contributed by atoms with Crippen molar-refractivity contribution in [2.75, 3.05) is 18.7 Å². The van der Waals surface area contributed by atoms with Crippen LogP contribution >= 0.6 is 22.6 Å². The normalized spacial score (nSPS) is 14.3. The van der Waals surface area contributed by atoms with E-state index in [9.17, 15) is 4.79 Å². The van der Waals surface area contributed by atoms with Crippen molar-refractivity contribution in [2.45, 2.75) is 0 Å². The first-order chi connectivity index (χ1) is 15.6. The number of carbonyl (C=O) groups excluding carboxylic acids is 1. The van der Waals surface area contributed by atoms with Crippen molar-refractivity contribution in [3.05, 3.63) is 93.1 Å². The fourth-order valence-electron chi connectivity index (χ4n) is 3.34. The summed E-state index contributed by atoms with van der Waals surface area (Å²) in [5.41, 5.74) is 3.47. The second kappa shape index (κ2) is 9.71. The Morgan fingerprint density at radius 2 is 1.78 bits per heavy atom. The number of halogens is 1. The molecule has 3 aromatic carbocycles. The maximum Gasteiger partial charge on any atom is 0.281 e. The van der Waals surface area contributed by atoms with Gasteiger partial charge in [0.15, 0.2) is 11.5 Å². The van der Waals surface area contributed by atoms with Gasteiger partial charge < -0.3 is 9.47 Å². The Bertz CT molecular complexity index is 1250. The number of rotatable bonds is 6. The van der Waals surface area contributed by atoms with E-state index in [1.807, 2.05) is 78.9 Å². The number of nitrogens with zero attached hydrogens (tertiary/aromatic N) is 2. The van der Waals surface area contributed by atoms with Crippen LogP contribution in [0.5, 0.6) is 11.5 Å². The lowest BCUT2D eigenvalue weighted by Gasteiger charge is -2.13. The molecule has 0 unspecified atom stereocenters. The molecule has 0 aromatic heterocycles. The van der Waals surface area contributed by atoms with Crippen molar-refractivity contribution in [1.82, 2.24) is 0 Å². The fraction of sp³-hybridized carbons (Fsp3) is 0.0769. The average Bonchev–Trinajstić information content (AvgIpc) is 3.15. The van der Waals surface area contributed by atoms with Crippen LogP contribution in [-0.2, 0) is 4.79 Å². The van der Waals surface area contributed by atoms with Crippen molar-refractivity contribution in [1.29, 1.82) is 0 Å². The fourth-order valence-corrected chi connectivity index (χ4v) is 4.12. The molecule has 32 heavy (non-hydrogen) atoms. The Labute approximate surface area is 200 Å². The first-order valence-corrected chi connectivity index (χ1v) is 10.9. The molecular formula is C26H19IN2O3. The standard InChI is InChI=1S/C26H19IN2O3/c1-3-14-32-25-22(27)16-18(17-23(25)31-2)15-21-24(19-10-6-4-7-11-19)28-29(26(21)30)20-12-8-5-9-13-20/h1,4-13,15-17H,14H2,2H3/b21-15-. The molecule has 5 nitrogen and oxygen atoms in total. The molecule has 0 atom stereocenters. The molecule has 3 aromatic rings. The average molecular weight is 534 g/mol. The monoisotopic (exact) mass is 534 g/mol. The summed E-state index contributed by atoms with van der Waals surface area (Å²) in [4.78, 5) is 13.4. The minimum Gasteiger partial charge on any atom is -0.493 e. The molecule has 0 bridgehead atoms. The summed E-state index contributed by atoms with van der Waals surface area (Å²) in [7, 11) is 1.57. The maximum absolute atomic E-state index is 13.4. The Kier molecular flexibility index (Phi) is 6.57. The minimum atomic E-state index is -0.198. The molecule has 1 aliphatic rings. The zero-order chi connectivity index (χ0) is 22.5. The molecule has 4 rings (SSSR count). The highest BCUT2D eigenvalue weighted by molar-refractivity contribution is 14.1. The summed E-state index contributed by atoms with van der Waals surface area (Å²) in [6, 6.07) is 22.8. The van der Waals surface area contributed by atoms with Gasteiger partial charge in [0.2, 0.25) is 0 Å². The second-order valence-corrected chi connectivity index (χ2v) is 8.01. The van der Waals surface area contributed by atoms with E-state index in [1.165, 1.54) is 5.01 Å². The van der Waals surface area contributed by atoms with E-state index < -0.39 is 0 Å². The van der Waals surface area contributed by atoms with Gasteiger partial charge in [-0.1, -0.05) is 54.5 Å². The van der Waals surface area contributed by atoms with Gasteiger partial charge in [0.1, 0.15) is 12.3 Å². The van der Waals surface area contributed by atoms with Crippen molar-refractivity contribution in [3.8, 4) is 23.8 Å². The van der Waals surface area contributed by atoms with Crippen molar-refractivity contribution < 1.29 is 14.3 Å². The molecule has 0 fully saturated rings. The van der Waals surface area contributed by atoms with Crippen LogP contribution in [0, 0.1) is 15.9 Å². The lowest BCUT2D eigenvalue weighted by atomic mass is 10.00. The van der Waals surface area contributed by atoms with E-state index >= 15 is 0 Å². The van der Waals surface area contributed by atoms with Crippen LogP contribution in [0.1, 0.15) is 11.1 Å². The van der Waals surface area contributed by atoms with Gasteiger partial charge in [0.05, 0.1) is 21.9 Å². The van der Waals surface area contributed by atoms with Crippen molar-refractivity contribution in [3.63, 3.8) is 0 Å². The highest BCUT2D eigenvalue weighted by Gasteiger charge is 2.32. The van der Waals surface area contributed by atoms with Gasteiger partial charge in [-0.2, -0.15) is 10.1 Å². The quantitative estimate of drug-likeness (QED) is 0.250. The van der Waals surface area contributed by atoms with Crippen LogP contribution in [0.3, 0.4) is 0 Å². The van der Waals surface area contributed by atoms with E-state index in [0.717, 1.165) is 14.7 Å². The highest BCUT2D eigenvalue weighted by atomic mass is 127. The minimum absolute atomic E-state index is 0.141. The number of hydrazone groups is 1. The Balaban J connectivity index is 1.80. The van der Waals surface area contributed by atoms with Gasteiger partial charge in [-0.05, 0) is 58.5 Å². The number of carbonyl (C=O) groups is 1. The smallest absolute Gasteiger partial charge is 0.281 e. The van der Waals surface area contributed by atoms with E-state index in [4.69, 9.17) is 15.9 Å². The van der Waals surface area contributed by atoms with E-state index in [1.54, 1.807) is 7.11 Å². The SMILES string of the molecule is C#CCOc1c(I)cc(/C=C2\C(=O)N(c3ccccc3)N=C2c2ccccc2)cc1OC. The lowest BCUT2D eigenvalue weighted by molar-refractivity contribution is -0.114. The summed E-state index contributed by atoms with van der Waals surface area (Å²) in [5, 5.41) is 6.09. The molecule has 0 N–H and O–H groups in total. The number of para-hydroxylation sites is 1. The molecule has 158 valence electrons. The summed E-state index contributed by atoms with van der Waals surface area (Å²) < 4.78 is 12.0. The summed E-state index contributed by atoms with van der Waals surface area (Å²) in [6.07, 6.45) is 7.15. The first-order valence-electron chi connectivity index (χ1n) is 9.81. The van der Waals surface area contributed by atoms with E-state index in [0.29, 0.717) is 28.5 Å². The van der Waals surface area contributed by atoms with Gasteiger partial charge in [0, 0.05) is 5.56 Å². The Morgan fingerprint density at radius 3 is 2.44 bits per heavy atom. The van der Waals surface area contributed by atoms with Gasteiger partial charge in [-0.15, -0.1) is 6.42 Å².